The van der Waals surface area contributed by atoms with Crippen LogP contribution in [-0.2, 0) is 0 Å². The number of pyridine rings is 1. The fourth-order valence-electron chi connectivity index (χ4n) is 2.31. The molecule has 0 amide bonds. The average Bonchev–Trinajstić information content (AvgIpc) is 2.97. The number of methoxy groups -OCH3 is 1. The maximum Gasteiger partial charge on any atom is 0.119 e. The summed E-state index contributed by atoms with van der Waals surface area (Å²) < 4.78 is 5.31. The molecule has 0 saturated heterocycles. The Kier molecular flexibility index (Phi) is 3.64. The van der Waals surface area contributed by atoms with Gasteiger partial charge in [0.15, 0.2) is 0 Å². The van der Waals surface area contributed by atoms with E-state index in [2.05, 4.69) is 37.2 Å². The van der Waals surface area contributed by atoms with Crippen LogP contribution in [0.2, 0.25) is 0 Å². The standard InChI is InChI=1S/C17H18N2OS/c1-10(2)17-19-15(9-21-17)14-6-5-12-8-13(20-4)7-11(3)16(12)18-14/h5-10H,1-4H3. The van der Waals surface area contributed by atoms with Crippen molar-refractivity contribution in [2.24, 2.45) is 0 Å². The Labute approximate surface area is 128 Å². The van der Waals surface area contributed by atoms with Gasteiger partial charge in [0.05, 0.1) is 29.0 Å². The first-order valence-corrected chi connectivity index (χ1v) is 7.87. The number of nitrogens with zero attached hydrogens (tertiary/aromatic N) is 2. The van der Waals surface area contributed by atoms with Crippen molar-refractivity contribution >= 4 is 22.2 Å². The van der Waals surface area contributed by atoms with E-state index in [0.717, 1.165) is 38.6 Å². The second-order valence-electron chi connectivity index (χ2n) is 5.44. The zero-order valence-corrected chi connectivity index (χ0v) is 13.5. The molecule has 2 aromatic heterocycles. The van der Waals surface area contributed by atoms with E-state index < -0.39 is 0 Å². The van der Waals surface area contributed by atoms with Crippen LogP contribution in [0.3, 0.4) is 0 Å². The lowest BCUT2D eigenvalue weighted by atomic mass is 10.1. The first kappa shape index (κ1) is 14.0. The first-order chi connectivity index (χ1) is 10.1. The summed E-state index contributed by atoms with van der Waals surface area (Å²) in [4.78, 5) is 9.46. The monoisotopic (exact) mass is 298 g/mol. The first-order valence-electron chi connectivity index (χ1n) is 6.99. The van der Waals surface area contributed by atoms with Gasteiger partial charge in [0.1, 0.15) is 5.75 Å². The Hall–Kier alpha value is -1.94. The maximum atomic E-state index is 5.31. The third kappa shape index (κ3) is 2.63. The van der Waals surface area contributed by atoms with Gasteiger partial charge in [0.25, 0.3) is 0 Å². The van der Waals surface area contributed by atoms with Gasteiger partial charge in [-0.25, -0.2) is 9.97 Å². The van der Waals surface area contributed by atoms with E-state index in [1.54, 1.807) is 18.4 Å². The molecule has 0 atom stereocenters. The number of aromatic nitrogens is 2. The van der Waals surface area contributed by atoms with Crippen LogP contribution < -0.4 is 4.74 Å². The van der Waals surface area contributed by atoms with E-state index in [1.165, 1.54) is 0 Å². The summed E-state index contributed by atoms with van der Waals surface area (Å²) in [6.45, 7) is 6.38. The third-order valence-electron chi connectivity index (χ3n) is 3.47. The molecule has 0 aliphatic rings. The van der Waals surface area contributed by atoms with Crippen molar-refractivity contribution in [3.8, 4) is 17.1 Å². The summed E-state index contributed by atoms with van der Waals surface area (Å²) in [5.41, 5.74) is 4.01. The Balaban J connectivity index is 2.10. The van der Waals surface area contributed by atoms with Gasteiger partial charge < -0.3 is 4.74 Å². The molecule has 0 aliphatic heterocycles. The molecular formula is C17H18N2OS. The van der Waals surface area contributed by atoms with Gasteiger partial charge in [0.2, 0.25) is 0 Å². The number of hydrogen-bond donors (Lipinski definition) is 0. The van der Waals surface area contributed by atoms with Gasteiger partial charge in [-0.15, -0.1) is 11.3 Å². The second-order valence-corrected chi connectivity index (χ2v) is 6.33. The molecular weight excluding hydrogens is 280 g/mol. The summed E-state index contributed by atoms with van der Waals surface area (Å²) in [6.07, 6.45) is 0. The van der Waals surface area contributed by atoms with Crippen LogP contribution >= 0.6 is 11.3 Å². The van der Waals surface area contributed by atoms with Crippen LogP contribution in [0.5, 0.6) is 5.75 Å². The Bertz CT molecular complexity index is 793. The van der Waals surface area contributed by atoms with Gasteiger partial charge >= 0.3 is 0 Å². The van der Waals surface area contributed by atoms with Crippen molar-refractivity contribution < 1.29 is 4.74 Å². The fourth-order valence-corrected chi connectivity index (χ4v) is 3.14. The molecule has 3 aromatic rings. The summed E-state index contributed by atoms with van der Waals surface area (Å²) >= 11 is 1.70. The van der Waals surface area contributed by atoms with Crippen LogP contribution in [0.25, 0.3) is 22.3 Å². The van der Waals surface area contributed by atoms with E-state index in [4.69, 9.17) is 9.72 Å². The molecule has 21 heavy (non-hydrogen) atoms. The van der Waals surface area contributed by atoms with Crippen LogP contribution in [-0.4, -0.2) is 17.1 Å². The number of ether oxygens (including phenoxy) is 1. The summed E-state index contributed by atoms with van der Waals surface area (Å²) in [5.74, 6) is 1.32. The number of fused-ring (bicyclic) bond motifs is 1. The lowest BCUT2D eigenvalue weighted by Gasteiger charge is -2.07. The molecule has 0 fully saturated rings. The normalized spacial score (nSPS) is 11.3. The molecule has 0 bridgehead atoms. The van der Waals surface area contributed by atoms with Crippen molar-refractivity contribution in [3.63, 3.8) is 0 Å². The van der Waals surface area contributed by atoms with E-state index in [0.29, 0.717) is 5.92 Å². The Morgan fingerprint density at radius 2 is 1.90 bits per heavy atom. The molecule has 4 heteroatoms. The minimum absolute atomic E-state index is 0.454. The lowest BCUT2D eigenvalue weighted by Crippen LogP contribution is -1.91. The van der Waals surface area contributed by atoms with Crippen molar-refractivity contribution in [3.05, 3.63) is 40.2 Å². The third-order valence-corrected chi connectivity index (χ3v) is 4.62. The van der Waals surface area contributed by atoms with E-state index in [1.807, 2.05) is 18.2 Å². The molecule has 0 saturated carbocycles. The zero-order chi connectivity index (χ0) is 15.0. The minimum Gasteiger partial charge on any atom is -0.497 e. The SMILES string of the molecule is COc1cc(C)c2nc(-c3csc(C(C)C)n3)ccc2c1. The van der Waals surface area contributed by atoms with Gasteiger partial charge in [-0.2, -0.15) is 0 Å². The minimum atomic E-state index is 0.454. The molecule has 0 spiro atoms. The van der Waals surface area contributed by atoms with Gasteiger partial charge in [-0.05, 0) is 30.7 Å². The van der Waals surface area contributed by atoms with Crippen molar-refractivity contribution in [1.82, 2.24) is 9.97 Å². The Morgan fingerprint density at radius 3 is 2.57 bits per heavy atom. The lowest BCUT2D eigenvalue weighted by molar-refractivity contribution is 0.415. The van der Waals surface area contributed by atoms with Crippen molar-refractivity contribution in [2.75, 3.05) is 7.11 Å². The number of rotatable bonds is 3. The molecule has 0 N–H and O–H groups in total. The molecule has 0 radical (unpaired) electrons. The highest BCUT2D eigenvalue weighted by Crippen LogP contribution is 2.29. The van der Waals surface area contributed by atoms with Gasteiger partial charge in [-0.1, -0.05) is 19.9 Å². The Morgan fingerprint density at radius 1 is 1.10 bits per heavy atom. The van der Waals surface area contributed by atoms with Crippen LogP contribution in [0, 0.1) is 6.92 Å². The van der Waals surface area contributed by atoms with Crippen molar-refractivity contribution in [1.29, 1.82) is 0 Å². The number of benzene rings is 1. The van der Waals surface area contributed by atoms with Gasteiger partial charge in [-0.3, -0.25) is 0 Å². The summed E-state index contributed by atoms with van der Waals surface area (Å²) in [7, 11) is 1.69. The highest BCUT2D eigenvalue weighted by Gasteiger charge is 2.10. The smallest absolute Gasteiger partial charge is 0.119 e. The molecule has 0 aliphatic carbocycles. The maximum absolute atomic E-state index is 5.31. The van der Waals surface area contributed by atoms with E-state index in [-0.39, 0.29) is 0 Å². The molecule has 3 nitrogen and oxygen atoms in total. The second kappa shape index (κ2) is 5.45. The van der Waals surface area contributed by atoms with Crippen LogP contribution in [0.4, 0.5) is 0 Å². The molecule has 2 heterocycles. The van der Waals surface area contributed by atoms with E-state index >= 15 is 0 Å². The number of thiazole rings is 1. The highest BCUT2D eigenvalue weighted by molar-refractivity contribution is 7.10. The fraction of sp³-hybridized carbons (Fsp3) is 0.294. The molecule has 0 unspecified atom stereocenters. The largest absolute Gasteiger partial charge is 0.497 e. The number of aryl methyl sites for hydroxylation is 1. The molecule has 3 rings (SSSR count). The zero-order valence-electron chi connectivity index (χ0n) is 12.7. The predicted octanol–water partition coefficient (Wildman–Crippen LogP) is 4.80. The summed E-state index contributed by atoms with van der Waals surface area (Å²) in [5, 5.41) is 4.33. The topological polar surface area (TPSA) is 35.0 Å². The quantitative estimate of drug-likeness (QED) is 0.696. The molecule has 108 valence electrons. The number of hydrogen-bond acceptors (Lipinski definition) is 4. The van der Waals surface area contributed by atoms with Gasteiger partial charge in [0, 0.05) is 16.7 Å². The van der Waals surface area contributed by atoms with Crippen LogP contribution in [0.1, 0.15) is 30.3 Å². The predicted molar refractivity (Wildman–Crippen MR) is 88.2 cm³/mol. The summed E-state index contributed by atoms with van der Waals surface area (Å²) in [6, 6.07) is 8.14. The molecule has 1 aromatic carbocycles. The van der Waals surface area contributed by atoms with Crippen molar-refractivity contribution in [2.45, 2.75) is 26.7 Å². The average molecular weight is 298 g/mol. The highest BCUT2D eigenvalue weighted by atomic mass is 32.1. The van der Waals surface area contributed by atoms with E-state index in [9.17, 15) is 0 Å². The van der Waals surface area contributed by atoms with Crippen LogP contribution in [0.15, 0.2) is 29.6 Å².